The second kappa shape index (κ2) is 7.54. The number of rotatable bonds is 5. The highest BCUT2D eigenvalue weighted by Gasteiger charge is 2.18. The van der Waals surface area contributed by atoms with Crippen LogP contribution in [0.1, 0.15) is 27.6 Å². The molecule has 6 heteroatoms. The summed E-state index contributed by atoms with van der Waals surface area (Å²) >= 11 is 1.82. The topological polar surface area (TPSA) is 54.5 Å². The summed E-state index contributed by atoms with van der Waals surface area (Å²) in [6.45, 7) is 3.21. The fourth-order valence-corrected chi connectivity index (χ4v) is 4.59. The zero-order valence-corrected chi connectivity index (χ0v) is 15.1. The van der Waals surface area contributed by atoms with Crippen LogP contribution in [0, 0.1) is 0 Å². The third kappa shape index (κ3) is 4.02. The zero-order valence-electron chi connectivity index (χ0n) is 14.3. The summed E-state index contributed by atoms with van der Waals surface area (Å²) in [6.07, 6.45) is 4.37. The molecule has 1 aromatic carbocycles. The van der Waals surface area contributed by atoms with Gasteiger partial charge in [-0.05, 0) is 25.3 Å². The first-order valence-electron chi connectivity index (χ1n) is 8.95. The van der Waals surface area contributed by atoms with E-state index in [0.717, 1.165) is 42.3 Å². The monoisotopic (exact) mass is 357 g/mol. The molecular formula is C19H23N3O2S. The molecule has 1 N–H and O–H groups in total. The summed E-state index contributed by atoms with van der Waals surface area (Å²) in [5, 5.41) is 4.19. The van der Waals surface area contributed by atoms with Crippen molar-refractivity contribution >= 4 is 17.2 Å². The quantitative estimate of drug-likeness (QED) is 0.891. The van der Waals surface area contributed by atoms with Crippen molar-refractivity contribution in [2.75, 3.05) is 26.2 Å². The number of thiazole rings is 1. The summed E-state index contributed by atoms with van der Waals surface area (Å²) in [7, 11) is 0. The predicted molar refractivity (Wildman–Crippen MR) is 98.1 cm³/mol. The molecule has 2 aliphatic rings. The minimum atomic E-state index is 0.0727. The molecule has 5 nitrogen and oxygen atoms in total. The fourth-order valence-electron chi connectivity index (χ4n) is 3.43. The van der Waals surface area contributed by atoms with Gasteiger partial charge in [-0.2, -0.15) is 0 Å². The van der Waals surface area contributed by atoms with E-state index in [0.29, 0.717) is 19.7 Å². The van der Waals surface area contributed by atoms with Gasteiger partial charge in [0.25, 0.3) is 0 Å². The van der Waals surface area contributed by atoms with Crippen molar-refractivity contribution < 1.29 is 9.53 Å². The molecule has 0 saturated heterocycles. The molecule has 1 aliphatic carbocycles. The van der Waals surface area contributed by atoms with Crippen molar-refractivity contribution in [2.45, 2.75) is 32.2 Å². The standard InChI is InChI=1S/C19H23N3O2S/c23-18(20-9-8-19-21-15-5-3-7-17(15)25-19)13-22-10-11-24-16-6-2-1-4-14(16)12-22/h1-2,4,6H,3,5,7-13H2,(H,20,23). The van der Waals surface area contributed by atoms with Gasteiger partial charge >= 0.3 is 0 Å². The van der Waals surface area contributed by atoms with Crippen molar-refractivity contribution in [3.63, 3.8) is 0 Å². The molecule has 0 unspecified atom stereocenters. The van der Waals surface area contributed by atoms with Crippen LogP contribution in [-0.2, 0) is 30.6 Å². The lowest BCUT2D eigenvalue weighted by molar-refractivity contribution is -0.122. The van der Waals surface area contributed by atoms with E-state index in [9.17, 15) is 4.79 Å². The van der Waals surface area contributed by atoms with Crippen LogP contribution in [0.4, 0.5) is 0 Å². The number of nitrogens with zero attached hydrogens (tertiary/aromatic N) is 2. The van der Waals surface area contributed by atoms with Crippen LogP contribution in [0.2, 0.25) is 0 Å². The SMILES string of the molecule is O=C(CN1CCOc2ccccc2C1)NCCc1nc2c(s1)CCC2. The second-order valence-electron chi connectivity index (χ2n) is 6.60. The van der Waals surface area contributed by atoms with Crippen LogP contribution in [0.25, 0.3) is 0 Å². The number of nitrogens with one attached hydrogen (secondary N) is 1. The summed E-state index contributed by atoms with van der Waals surface area (Å²) in [5.41, 5.74) is 2.43. The summed E-state index contributed by atoms with van der Waals surface area (Å²) in [6, 6.07) is 8.05. The van der Waals surface area contributed by atoms with Gasteiger partial charge < -0.3 is 10.1 Å². The van der Waals surface area contributed by atoms with Crippen LogP contribution in [0.3, 0.4) is 0 Å². The smallest absolute Gasteiger partial charge is 0.234 e. The first kappa shape index (κ1) is 16.5. The average molecular weight is 357 g/mol. The molecule has 4 rings (SSSR count). The summed E-state index contributed by atoms with van der Waals surface area (Å²) in [5.74, 6) is 1.01. The van der Waals surface area contributed by atoms with Crippen molar-refractivity contribution in [2.24, 2.45) is 0 Å². The van der Waals surface area contributed by atoms with Crippen LogP contribution in [-0.4, -0.2) is 42.0 Å². The number of hydrogen-bond acceptors (Lipinski definition) is 5. The van der Waals surface area contributed by atoms with Gasteiger partial charge in [0.15, 0.2) is 0 Å². The van der Waals surface area contributed by atoms with Crippen LogP contribution < -0.4 is 10.1 Å². The maximum atomic E-state index is 12.3. The van der Waals surface area contributed by atoms with Crippen LogP contribution >= 0.6 is 11.3 Å². The highest BCUT2D eigenvalue weighted by molar-refractivity contribution is 7.11. The number of aromatic nitrogens is 1. The highest BCUT2D eigenvalue weighted by Crippen LogP contribution is 2.27. The Morgan fingerprint density at radius 3 is 3.16 bits per heavy atom. The largest absolute Gasteiger partial charge is 0.492 e. The molecule has 1 amide bonds. The van der Waals surface area contributed by atoms with Crippen molar-refractivity contribution in [3.05, 3.63) is 45.4 Å². The van der Waals surface area contributed by atoms with Gasteiger partial charge in [0.2, 0.25) is 5.91 Å². The number of carbonyl (C=O) groups excluding carboxylic acids is 1. The van der Waals surface area contributed by atoms with Crippen molar-refractivity contribution in [1.29, 1.82) is 0 Å². The Morgan fingerprint density at radius 2 is 2.24 bits per heavy atom. The Bertz CT molecular complexity index is 737. The molecule has 2 heterocycles. The molecule has 0 spiro atoms. The van der Waals surface area contributed by atoms with Gasteiger partial charge in [-0.1, -0.05) is 18.2 Å². The molecule has 0 saturated carbocycles. The Morgan fingerprint density at radius 1 is 1.32 bits per heavy atom. The molecule has 0 atom stereocenters. The first-order chi connectivity index (χ1) is 12.3. The molecule has 1 aromatic heterocycles. The molecule has 25 heavy (non-hydrogen) atoms. The van der Waals surface area contributed by atoms with Gasteiger partial charge in [-0.3, -0.25) is 9.69 Å². The minimum Gasteiger partial charge on any atom is -0.492 e. The van der Waals surface area contributed by atoms with Crippen LogP contribution in [0.5, 0.6) is 5.75 Å². The van der Waals surface area contributed by atoms with Crippen molar-refractivity contribution in [1.82, 2.24) is 15.2 Å². The van der Waals surface area contributed by atoms with Gasteiger partial charge in [0.05, 0.1) is 17.2 Å². The van der Waals surface area contributed by atoms with Gasteiger partial charge in [0.1, 0.15) is 12.4 Å². The Hall–Kier alpha value is -1.92. The second-order valence-corrected chi connectivity index (χ2v) is 7.77. The molecule has 1 aliphatic heterocycles. The first-order valence-corrected chi connectivity index (χ1v) is 9.77. The number of hydrogen-bond donors (Lipinski definition) is 1. The van der Waals surface area contributed by atoms with Gasteiger partial charge in [-0.15, -0.1) is 11.3 Å². The average Bonchev–Trinajstić information content (AvgIpc) is 3.11. The number of carbonyl (C=O) groups is 1. The fraction of sp³-hybridized carbons (Fsp3) is 0.474. The minimum absolute atomic E-state index is 0.0727. The predicted octanol–water partition coefficient (Wildman–Crippen LogP) is 2.19. The summed E-state index contributed by atoms with van der Waals surface area (Å²) < 4.78 is 5.75. The Labute approximate surface area is 152 Å². The number of amides is 1. The number of ether oxygens (including phenoxy) is 1. The van der Waals surface area contributed by atoms with E-state index in [4.69, 9.17) is 4.74 Å². The lowest BCUT2D eigenvalue weighted by Gasteiger charge is -2.18. The lowest BCUT2D eigenvalue weighted by atomic mass is 10.2. The third-order valence-electron chi connectivity index (χ3n) is 4.70. The zero-order chi connectivity index (χ0) is 17.1. The van der Waals surface area contributed by atoms with E-state index in [-0.39, 0.29) is 5.91 Å². The lowest BCUT2D eigenvalue weighted by Crippen LogP contribution is -2.38. The normalized spacial score (nSPS) is 16.6. The van der Waals surface area contributed by atoms with E-state index in [2.05, 4.69) is 21.3 Å². The molecule has 2 aromatic rings. The number of aryl methyl sites for hydroxylation is 2. The maximum Gasteiger partial charge on any atom is 0.234 e. The van der Waals surface area contributed by atoms with Gasteiger partial charge in [0, 0.05) is 36.5 Å². The number of para-hydroxylation sites is 1. The third-order valence-corrected chi connectivity index (χ3v) is 5.92. The van der Waals surface area contributed by atoms with E-state index < -0.39 is 0 Å². The van der Waals surface area contributed by atoms with Crippen LogP contribution in [0.15, 0.2) is 24.3 Å². The summed E-state index contributed by atoms with van der Waals surface area (Å²) in [4.78, 5) is 20.5. The Kier molecular flexibility index (Phi) is 4.99. The molecule has 0 bridgehead atoms. The van der Waals surface area contributed by atoms with E-state index in [1.54, 1.807) is 0 Å². The van der Waals surface area contributed by atoms with E-state index >= 15 is 0 Å². The van der Waals surface area contributed by atoms with Crippen molar-refractivity contribution in [3.8, 4) is 5.75 Å². The molecule has 132 valence electrons. The maximum absolute atomic E-state index is 12.3. The van der Waals surface area contributed by atoms with Gasteiger partial charge in [-0.25, -0.2) is 4.98 Å². The molecule has 0 fully saturated rings. The number of fused-ring (bicyclic) bond motifs is 2. The van der Waals surface area contributed by atoms with E-state index in [1.165, 1.54) is 23.4 Å². The number of benzene rings is 1. The highest BCUT2D eigenvalue weighted by atomic mass is 32.1. The molecule has 0 radical (unpaired) electrons. The Balaban J connectivity index is 1.24. The molecular weight excluding hydrogens is 334 g/mol. The van der Waals surface area contributed by atoms with E-state index in [1.807, 2.05) is 29.5 Å².